The number of allylic oxidation sites excluding steroid dienone is 3. The van der Waals surface area contributed by atoms with Gasteiger partial charge < -0.3 is 9.97 Å². The molecule has 2 aliphatic heterocycles. The maximum Gasteiger partial charge on any atom is 0.163 e. The lowest BCUT2D eigenvalue weighted by Gasteiger charge is -2.26. The van der Waals surface area contributed by atoms with E-state index in [2.05, 4.69) is 178 Å². The standard InChI is InChI=1S/C60H72N6/c1-13-15-17-25-31-46-37(3)55-61-48(46)36-49-47(32-26-18-16-14-2)38(4)56(62-49)66-58-51(42-29-23-20-24-30-42)40(6)54(64-58)52(43-33-44(59(7,8)9)35-45(34-43)60(10,11)12)53-39(5)50(57(63-53)65-55)41-27-21-19-22-28-41/h19-24,27-30,33-36H,13-18,25-26,31-32H2,1-12H3,(H,61,63,65)(H,62,64,66). The molecule has 0 saturated carbocycles. The van der Waals surface area contributed by atoms with Gasteiger partial charge >= 0.3 is 0 Å². The summed E-state index contributed by atoms with van der Waals surface area (Å²) in [5, 5.41) is 0. The Morgan fingerprint density at radius 3 is 1.70 bits per heavy atom. The van der Waals surface area contributed by atoms with Crippen molar-refractivity contribution in [2.24, 2.45) is 0 Å². The zero-order chi connectivity index (χ0) is 46.9. The van der Waals surface area contributed by atoms with Crippen molar-refractivity contribution in [3.8, 4) is 22.3 Å². The lowest BCUT2D eigenvalue weighted by atomic mass is 9.78. The fraction of sp³-hybridized carbons (Fsp3) is 0.400. The second-order valence-corrected chi connectivity index (χ2v) is 20.9. The maximum absolute atomic E-state index is 5.72. The van der Waals surface area contributed by atoms with Crippen LogP contribution in [0.4, 0.5) is 0 Å². The minimum absolute atomic E-state index is 0.0966. The topological polar surface area (TPSA) is 83.1 Å². The van der Waals surface area contributed by atoms with Crippen LogP contribution < -0.4 is 0 Å². The third-order valence-corrected chi connectivity index (χ3v) is 14.0. The highest BCUT2D eigenvalue weighted by Gasteiger charge is 2.29. The van der Waals surface area contributed by atoms with E-state index < -0.39 is 0 Å². The lowest BCUT2D eigenvalue weighted by molar-refractivity contribution is 0.569. The summed E-state index contributed by atoms with van der Waals surface area (Å²) in [5.41, 5.74) is 21.7. The van der Waals surface area contributed by atoms with Crippen molar-refractivity contribution in [3.05, 3.63) is 141 Å². The van der Waals surface area contributed by atoms with Crippen LogP contribution in [0.5, 0.6) is 0 Å². The van der Waals surface area contributed by atoms with Crippen molar-refractivity contribution < 1.29 is 0 Å². The summed E-state index contributed by atoms with van der Waals surface area (Å²) in [5.74, 6) is 1.48. The molecule has 0 aliphatic carbocycles. The molecule has 8 rings (SSSR count). The van der Waals surface area contributed by atoms with Crippen molar-refractivity contribution in [1.82, 2.24) is 29.9 Å². The Bertz CT molecular complexity index is 2950. The molecular weight excluding hydrogens is 805 g/mol. The number of fused-ring (bicyclic) bond motifs is 8. The highest BCUT2D eigenvalue weighted by atomic mass is 15.0. The van der Waals surface area contributed by atoms with Gasteiger partial charge in [0.15, 0.2) is 11.6 Å². The van der Waals surface area contributed by atoms with Gasteiger partial charge in [0, 0.05) is 22.2 Å². The third-order valence-electron chi connectivity index (χ3n) is 14.0. The zero-order valence-electron chi connectivity index (χ0n) is 41.9. The Kier molecular flexibility index (Phi) is 13.5. The Labute approximate surface area is 394 Å². The number of hydrogen-bond acceptors (Lipinski definition) is 4. The molecule has 6 nitrogen and oxygen atoms in total. The number of H-pyrrole nitrogens is 2. The number of aromatic amines is 2. The van der Waals surface area contributed by atoms with Crippen molar-refractivity contribution in [2.45, 2.75) is 158 Å². The first-order valence-corrected chi connectivity index (χ1v) is 24.8. The van der Waals surface area contributed by atoms with Crippen molar-refractivity contribution in [3.63, 3.8) is 0 Å². The van der Waals surface area contributed by atoms with Crippen molar-refractivity contribution >= 4 is 44.6 Å². The Hall–Kier alpha value is -5.88. The molecule has 2 N–H and O–H groups in total. The fourth-order valence-corrected chi connectivity index (χ4v) is 9.85. The zero-order valence-corrected chi connectivity index (χ0v) is 41.9. The summed E-state index contributed by atoms with van der Waals surface area (Å²) in [7, 11) is 0. The van der Waals surface area contributed by atoms with Crippen LogP contribution in [0.15, 0.2) is 84.9 Å². The molecule has 0 atom stereocenters. The molecule has 0 saturated heterocycles. The molecule has 3 aromatic heterocycles. The molecule has 342 valence electrons. The van der Waals surface area contributed by atoms with Gasteiger partial charge in [0.1, 0.15) is 11.3 Å². The predicted molar refractivity (Wildman–Crippen MR) is 281 cm³/mol. The van der Waals surface area contributed by atoms with Crippen LogP contribution in [0.1, 0.15) is 183 Å². The minimum Gasteiger partial charge on any atom is -0.340 e. The van der Waals surface area contributed by atoms with Crippen LogP contribution in [0.2, 0.25) is 0 Å². The van der Waals surface area contributed by atoms with Gasteiger partial charge in [-0.05, 0) is 132 Å². The molecule has 0 radical (unpaired) electrons. The molecule has 0 unspecified atom stereocenters. The van der Waals surface area contributed by atoms with E-state index in [9.17, 15) is 0 Å². The second-order valence-electron chi connectivity index (χ2n) is 20.9. The molecule has 0 fully saturated rings. The summed E-state index contributed by atoms with van der Waals surface area (Å²) < 4.78 is 0. The van der Waals surface area contributed by atoms with Crippen LogP contribution in [-0.4, -0.2) is 29.9 Å². The van der Waals surface area contributed by atoms with Crippen LogP contribution in [0.25, 0.3) is 66.9 Å². The van der Waals surface area contributed by atoms with E-state index in [1.54, 1.807) is 0 Å². The smallest absolute Gasteiger partial charge is 0.163 e. The van der Waals surface area contributed by atoms with E-state index in [-0.39, 0.29) is 10.8 Å². The molecule has 6 heteroatoms. The average Bonchev–Trinajstić information content (AvgIpc) is 3.97. The van der Waals surface area contributed by atoms with E-state index in [1.165, 1.54) is 66.4 Å². The number of rotatable bonds is 13. The summed E-state index contributed by atoms with van der Waals surface area (Å²) in [6.07, 6.45) is 11.4. The van der Waals surface area contributed by atoms with Gasteiger partial charge in [-0.25, -0.2) is 19.9 Å². The van der Waals surface area contributed by atoms with E-state index in [0.29, 0.717) is 5.82 Å². The van der Waals surface area contributed by atoms with Crippen LogP contribution in [-0.2, 0) is 17.3 Å². The van der Waals surface area contributed by atoms with E-state index in [1.807, 2.05) is 0 Å². The van der Waals surface area contributed by atoms with E-state index in [4.69, 9.17) is 19.9 Å². The van der Waals surface area contributed by atoms with E-state index in [0.717, 1.165) is 115 Å². The van der Waals surface area contributed by atoms with Crippen molar-refractivity contribution in [1.29, 1.82) is 0 Å². The molecule has 3 aromatic carbocycles. The van der Waals surface area contributed by atoms with Gasteiger partial charge in [0.25, 0.3) is 0 Å². The highest BCUT2D eigenvalue weighted by Crippen LogP contribution is 2.45. The van der Waals surface area contributed by atoms with Gasteiger partial charge in [-0.2, -0.15) is 0 Å². The largest absolute Gasteiger partial charge is 0.340 e. The molecule has 2 aliphatic rings. The normalized spacial score (nSPS) is 13.3. The first-order chi connectivity index (χ1) is 31.6. The Balaban J connectivity index is 1.59. The number of aromatic nitrogens is 6. The first kappa shape index (κ1) is 46.6. The Morgan fingerprint density at radius 2 is 1.09 bits per heavy atom. The number of benzene rings is 3. The molecule has 5 heterocycles. The maximum atomic E-state index is 5.72. The molecule has 0 spiro atoms. The number of nitrogens with one attached hydrogen (secondary N) is 2. The third kappa shape index (κ3) is 9.39. The quantitative estimate of drug-likeness (QED) is 0.113. The van der Waals surface area contributed by atoms with Gasteiger partial charge in [-0.3, -0.25) is 0 Å². The number of hydrogen-bond donors (Lipinski definition) is 2. The van der Waals surface area contributed by atoms with Gasteiger partial charge in [-0.1, -0.05) is 173 Å². The molecular formula is C60H72N6. The highest BCUT2D eigenvalue weighted by molar-refractivity contribution is 6.05. The first-order valence-electron chi connectivity index (χ1n) is 24.8. The minimum atomic E-state index is -0.0966. The van der Waals surface area contributed by atoms with Gasteiger partial charge in [-0.15, -0.1) is 0 Å². The van der Waals surface area contributed by atoms with Gasteiger partial charge in [0.05, 0.1) is 16.9 Å². The van der Waals surface area contributed by atoms with Crippen molar-refractivity contribution in [2.75, 3.05) is 0 Å². The molecule has 6 aromatic rings. The summed E-state index contributed by atoms with van der Waals surface area (Å²) in [6, 6.07) is 30.9. The fourth-order valence-electron chi connectivity index (χ4n) is 9.85. The summed E-state index contributed by atoms with van der Waals surface area (Å²) >= 11 is 0. The van der Waals surface area contributed by atoms with Crippen LogP contribution in [0.3, 0.4) is 0 Å². The summed E-state index contributed by atoms with van der Waals surface area (Å²) in [4.78, 5) is 30.3. The number of unbranched alkanes of at least 4 members (excludes halogenated alkanes) is 6. The summed E-state index contributed by atoms with van der Waals surface area (Å²) in [6.45, 7) is 27.4. The lowest BCUT2D eigenvalue weighted by Crippen LogP contribution is -2.16. The SMILES string of the molecule is CCCCCCC1=C(C)c2nc1cc1[nH]c(nc3nc(c(-c4cc(C(C)(C)C)cc(C(C)(C)C)c4)c4[nH]c(n2)c(-c2ccccc2)c4C)C(C)=C3c2ccccc2)c(C)c1CCCCCC. The van der Waals surface area contributed by atoms with Gasteiger partial charge in [0.2, 0.25) is 0 Å². The molecule has 8 bridgehead atoms. The molecule has 0 amide bonds. The van der Waals surface area contributed by atoms with E-state index >= 15 is 0 Å². The van der Waals surface area contributed by atoms with Crippen LogP contribution >= 0.6 is 0 Å². The monoisotopic (exact) mass is 877 g/mol. The van der Waals surface area contributed by atoms with Crippen LogP contribution in [0, 0.1) is 13.8 Å². The second kappa shape index (κ2) is 19.1. The number of aryl methyl sites for hydroxylation is 3. The average molecular weight is 877 g/mol. The number of nitrogens with zero attached hydrogens (tertiary/aromatic N) is 4. The Morgan fingerprint density at radius 1 is 0.500 bits per heavy atom. The predicted octanol–water partition coefficient (Wildman–Crippen LogP) is 16.7. The molecule has 66 heavy (non-hydrogen) atoms.